The predicted molar refractivity (Wildman–Crippen MR) is 126 cm³/mol. The van der Waals surface area contributed by atoms with Crippen LogP contribution in [0.15, 0.2) is 70.6 Å². The minimum Gasteiger partial charge on any atom is -0.341 e. The Morgan fingerprint density at radius 2 is 1.58 bits per heavy atom. The molecule has 4 rings (SSSR count). The molecule has 1 fully saturated rings. The van der Waals surface area contributed by atoms with Gasteiger partial charge in [0.25, 0.3) is 0 Å². The second-order valence-corrected chi connectivity index (χ2v) is 11.7. The van der Waals surface area contributed by atoms with Crippen molar-refractivity contribution in [2.75, 3.05) is 13.1 Å². The fraction of sp³-hybridized carbons (Fsp3) is 0.348. The fourth-order valence-electron chi connectivity index (χ4n) is 3.91. The largest absolute Gasteiger partial charge is 0.341 e. The van der Waals surface area contributed by atoms with Crippen molar-refractivity contribution in [2.24, 2.45) is 0 Å². The van der Waals surface area contributed by atoms with Gasteiger partial charge in [0.2, 0.25) is 20.0 Å². The molecule has 3 aromatic rings. The summed E-state index contributed by atoms with van der Waals surface area (Å²) in [5.41, 5.74) is 1.76. The second-order valence-electron chi connectivity index (χ2n) is 8.07. The molecule has 1 saturated heterocycles. The van der Waals surface area contributed by atoms with E-state index in [1.165, 1.54) is 28.6 Å². The Morgan fingerprint density at radius 3 is 2.21 bits per heavy atom. The van der Waals surface area contributed by atoms with Crippen LogP contribution in [-0.4, -0.2) is 44.2 Å². The normalized spacial score (nSPS) is 16.5. The topological polar surface area (TPSA) is 112 Å². The van der Waals surface area contributed by atoms with E-state index in [9.17, 15) is 16.8 Å². The minimum absolute atomic E-state index is 0.00776. The van der Waals surface area contributed by atoms with Crippen LogP contribution in [0.1, 0.15) is 44.5 Å². The monoisotopic (exact) mass is 488 g/mol. The van der Waals surface area contributed by atoms with E-state index < -0.39 is 26.1 Å². The van der Waals surface area contributed by atoms with Gasteiger partial charge in [-0.15, -0.1) is 0 Å². The zero-order chi connectivity index (χ0) is 23.5. The molecule has 1 atom stereocenters. The smallest absolute Gasteiger partial charge is 0.243 e. The molecule has 1 unspecified atom stereocenters. The summed E-state index contributed by atoms with van der Waals surface area (Å²) in [5.74, 6) is 0.518. The van der Waals surface area contributed by atoms with E-state index in [-0.39, 0.29) is 9.79 Å². The summed E-state index contributed by atoms with van der Waals surface area (Å²) in [4.78, 5) is 7.68. The number of rotatable bonds is 8. The Balaban J connectivity index is 1.51. The summed E-state index contributed by atoms with van der Waals surface area (Å²) < 4.78 is 55.8. The summed E-state index contributed by atoms with van der Waals surface area (Å²) >= 11 is 0. The van der Waals surface area contributed by atoms with Crippen LogP contribution in [0.25, 0.3) is 11.3 Å². The molecule has 2 N–H and O–H groups in total. The molecule has 2 aromatic carbocycles. The van der Waals surface area contributed by atoms with Gasteiger partial charge in [-0.3, -0.25) is 0 Å². The van der Waals surface area contributed by atoms with Crippen LogP contribution in [0.3, 0.4) is 0 Å². The van der Waals surface area contributed by atoms with Crippen molar-refractivity contribution < 1.29 is 16.8 Å². The van der Waals surface area contributed by atoms with Gasteiger partial charge in [-0.25, -0.2) is 26.5 Å². The molecule has 0 aliphatic carbocycles. The summed E-state index contributed by atoms with van der Waals surface area (Å²) in [6, 6.07) is 14.5. The molecule has 1 aromatic heterocycles. The third kappa shape index (κ3) is 5.19. The van der Waals surface area contributed by atoms with Gasteiger partial charge in [0.05, 0.1) is 27.7 Å². The van der Waals surface area contributed by atoms with Gasteiger partial charge < -0.3 is 4.98 Å². The highest BCUT2D eigenvalue weighted by molar-refractivity contribution is 7.89. The van der Waals surface area contributed by atoms with Gasteiger partial charge in [0, 0.05) is 13.1 Å². The third-order valence-corrected chi connectivity index (χ3v) is 9.20. The molecular formula is C23H28N4O4S2. The molecule has 1 aliphatic heterocycles. The van der Waals surface area contributed by atoms with E-state index in [1.807, 2.05) is 37.3 Å². The molecule has 8 nitrogen and oxygen atoms in total. The van der Waals surface area contributed by atoms with E-state index in [1.54, 1.807) is 6.20 Å². The van der Waals surface area contributed by atoms with Gasteiger partial charge in [0.15, 0.2) is 0 Å². The van der Waals surface area contributed by atoms with Gasteiger partial charge in [-0.1, -0.05) is 43.7 Å². The lowest BCUT2D eigenvalue weighted by atomic mass is 10.2. The molecule has 0 bridgehead atoms. The van der Waals surface area contributed by atoms with Gasteiger partial charge in [-0.2, -0.15) is 4.31 Å². The lowest BCUT2D eigenvalue weighted by Crippen LogP contribution is -2.35. The number of imidazole rings is 1. The number of hydrogen-bond acceptors (Lipinski definition) is 5. The van der Waals surface area contributed by atoms with E-state index in [0.717, 1.165) is 30.5 Å². The summed E-state index contributed by atoms with van der Waals surface area (Å²) in [7, 11) is -7.50. The second kappa shape index (κ2) is 9.76. The number of aromatic amines is 1. The van der Waals surface area contributed by atoms with Crippen molar-refractivity contribution in [3.8, 4) is 11.3 Å². The highest BCUT2D eigenvalue weighted by atomic mass is 32.2. The van der Waals surface area contributed by atoms with Crippen LogP contribution in [0.4, 0.5) is 0 Å². The molecule has 0 amide bonds. The maximum atomic E-state index is 13.0. The lowest BCUT2D eigenvalue weighted by molar-refractivity contribution is 0.346. The average molecular weight is 489 g/mol. The van der Waals surface area contributed by atoms with Gasteiger partial charge >= 0.3 is 0 Å². The summed E-state index contributed by atoms with van der Waals surface area (Å²) in [6.07, 6.45) is 4.87. The number of sulfonamides is 2. The zero-order valence-electron chi connectivity index (χ0n) is 18.4. The minimum atomic E-state index is -3.88. The SMILES string of the molecule is CCC(NS(=O)(=O)c1ccc(S(=O)(=O)N2CCCCC2)cc1)c1ncc(-c2ccccc2)[nH]1. The first-order valence-electron chi connectivity index (χ1n) is 11.0. The maximum absolute atomic E-state index is 13.0. The van der Waals surface area contributed by atoms with Crippen LogP contribution in [-0.2, 0) is 20.0 Å². The number of hydrogen-bond donors (Lipinski definition) is 2. The fourth-order valence-corrected chi connectivity index (χ4v) is 6.71. The van der Waals surface area contributed by atoms with E-state index >= 15 is 0 Å². The van der Waals surface area contributed by atoms with Crippen molar-refractivity contribution >= 4 is 20.0 Å². The maximum Gasteiger partial charge on any atom is 0.243 e. The molecule has 33 heavy (non-hydrogen) atoms. The zero-order valence-corrected chi connectivity index (χ0v) is 20.1. The number of H-pyrrole nitrogens is 1. The van der Waals surface area contributed by atoms with Gasteiger partial charge in [-0.05, 0) is 49.1 Å². The molecule has 0 saturated carbocycles. The van der Waals surface area contributed by atoms with Gasteiger partial charge in [0.1, 0.15) is 5.82 Å². The number of nitrogens with one attached hydrogen (secondary N) is 2. The first kappa shape index (κ1) is 23.6. The van der Waals surface area contributed by atoms with E-state index in [4.69, 9.17) is 0 Å². The molecule has 176 valence electrons. The number of benzene rings is 2. The van der Waals surface area contributed by atoms with Crippen molar-refractivity contribution in [1.82, 2.24) is 19.0 Å². The van der Waals surface area contributed by atoms with E-state index in [2.05, 4.69) is 14.7 Å². The van der Waals surface area contributed by atoms with Crippen molar-refractivity contribution in [3.05, 3.63) is 66.6 Å². The molecule has 1 aliphatic rings. The van der Waals surface area contributed by atoms with Crippen LogP contribution < -0.4 is 4.72 Å². The Kier molecular flexibility index (Phi) is 6.99. The highest BCUT2D eigenvalue weighted by Crippen LogP contribution is 2.24. The van der Waals surface area contributed by atoms with E-state index in [0.29, 0.717) is 25.3 Å². The van der Waals surface area contributed by atoms with Crippen molar-refractivity contribution in [1.29, 1.82) is 0 Å². The Bertz CT molecular complexity index is 1280. The van der Waals surface area contributed by atoms with Crippen molar-refractivity contribution in [2.45, 2.75) is 48.4 Å². The van der Waals surface area contributed by atoms with Crippen LogP contribution in [0.2, 0.25) is 0 Å². The van der Waals surface area contributed by atoms with Crippen LogP contribution >= 0.6 is 0 Å². The highest BCUT2D eigenvalue weighted by Gasteiger charge is 2.27. The molecule has 10 heteroatoms. The summed E-state index contributed by atoms with van der Waals surface area (Å²) in [5, 5.41) is 0. The molecule has 0 radical (unpaired) electrons. The average Bonchev–Trinajstić information content (AvgIpc) is 3.34. The third-order valence-electron chi connectivity index (χ3n) is 5.80. The Morgan fingerprint density at radius 1 is 0.939 bits per heavy atom. The first-order valence-corrected chi connectivity index (χ1v) is 14.0. The number of nitrogens with zero attached hydrogens (tertiary/aromatic N) is 2. The van der Waals surface area contributed by atoms with Crippen LogP contribution in [0.5, 0.6) is 0 Å². The number of piperidine rings is 1. The predicted octanol–water partition coefficient (Wildman–Crippen LogP) is 3.68. The van der Waals surface area contributed by atoms with Crippen molar-refractivity contribution in [3.63, 3.8) is 0 Å². The Labute approximate surface area is 195 Å². The lowest BCUT2D eigenvalue weighted by Gasteiger charge is -2.25. The Hall–Kier alpha value is -2.53. The quantitative estimate of drug-likeness (QED) is 0.502. The molecule has 0 spiro atoms. The molecular weight excluding hydrogens is 460 g/mol. The summed E-state index contributed by atoms with van der Waals surface area (Å²) in [6.45, 7) is 2.86. The first-order chi connectivity index (χ1) is 15.8. The number of aromatic nitrogens is 2. The molecule has 2 heterocycles. The van der Waals surface area contributed by atoms with Crippen LogP contribution in [0, 0.1) is 0 Å². The standard InChI is InChI=1S/C23H28N4O4S2/c1-2-21(23-24-17-22(25-23)18-9-5-3-6-10-18)26-32(28,29)19-11-13-20(14-12-19)33(30,31)27-15-7-4-8-16-27/h3,5-6,9-14,17,21,26H,2,4,7-8,15-16H2,1H3,(H,24,25).